The average molecular weight is 382 g/mol. The van der Waals surface area contributed by atoms with Crippen LogP contribution in [0.4, 0.5) is 4.39 Å². The highest BCUT2D eigenvalue weighted by atomic mass is 19.1. The molecule has 2 heterocycles. The topological polar surface area (TPSA) is 37.6 Å². The van der Waals surface area contributed by atoms with Gasteiger partial charge in [0.05, 0.1) is 5.52 Å². The summed E-state index contributed by atoms with van der Waals surface area (Å²) in [6.07, 6.45) is 4.52. The van der Waals surface area contributed by atoms with Crippen LogP contribution in [0.5, 0.6) is 5.75 Å². The zero-order valence-electron chi connectivity index (χ0n) is 16.2. The van der Waals surface area contributed by atoms with Crippen LogP contribution in [-0.4, -0.2) is 40.5 Å². The normalized spacial score (nSPS) is 17.1. The van der Waals surface area contributed by atoms with Gasteiger partial charge >= 0.3 is 0 Å². The van der Waals surface area contributed by atoms with E-state index in [0.29, 0.717) is 11.8 Å². The minimum absolute atomic E-state index is 0.175. The first kappa shape index (κ1) is 19.0. The number of piperidine rings is 1. The molecule has 4 nitrogen and oxygen atoms in total. The number of benzene rings is 2. The van der Waals surface area contributed by atoms with Crippen molar-refractivity contribution in [3.63, 3.8) is 0 Å². The molecule has 0 bridgehead atoms. The first-order chi connectivity index (χ1) is 13.6. The molecule has 1 aromatic heterocycles. The summed E-state index contributed by atoms with van der Waals surface area (Å²) in [4.78, 5) is 2.49. The van der Waals surface area contributed by atoms with Crippen molar-refractivity contribution in [1.82, 2.24) is 9.47 Å². The molecular weight excluding hydrogens is 355 g/mol. The lowest BCUT2D eigenvalue weighted by atomic mass is 10.0. The smallest absolute Gasteiger partial charge is 0.194 e. The number of aliphatic hydroxyl groups is 1. The maximum absolute atomic E-state index is 13.0. The van der Waals surface area contributed by atoms with Gasteiger partial charge in [0.2, 0.25) is 0 Å². The SMILES string of the molecule is CC(O)Oc1ccc2ccn(C3CCN(CCc4ccc(F)cc4)CC3)c2c1. The molecule has 148 valence electrons. The summed E-state index contributed by atoms with van der Waals surface area (Å²) in [6, 6.07) is 15.4. The Morgan fingerprint density at radius 1 is 1.11 bits per heavy atom. The van der Waals surface area contributed by atoms with Crippen LogP contribution in [0, 0.1) is 5.82 Å². The summed E-state index contributed by atoms with van der Waals surface area (Å²) in [7, 11) is 0. The molecule has 28 heavy (non-hydrogen) atoms. The summed E-state index contributed by atoms with van der Waals surface area (Å²) in [6.45, 7) is 4.76. The summed E-state index contributed by atoms with van der Waals surface area (Å²) >= 11 is 0. The molecule has 1 unspecified atom stereocenters. The zero-order chi connectivity index (χ0) is 19.5. The molecule has 5 heteroatoms. The van der Waals surface area contributed by atoms with Crippen molar-refractivity contribution in [3.05, 3.63) is 66.1 Å². The van der Waals surface area contributed by atoms with Gasteiger partial charge in [0.25, 0.3) is 0 Å². The fraction of sp³-hybridized carbons (Fsp3) is 0.391. The van der Waals surface area contributed by atoms with Crippen LogP contribution in [0.2, 0.25) is 0 Å². The lowest BCUT2D eigenvalue weighted by molar-refractivity contribution is -0.000206. The minimum Gasteiger partial charge on any atom is -0.465 e. The van der Waals surface area contributed by atoms with Crippen LogP contribution < -0.4 is 4.74 Å². The van der Waals surface area contributed by atoms with Crippen LogP contribution in [0.3, 0.4) is 0 Å². The quantitative estimate of drug-likeness (QED) is 0.643. The molecule has 0 radical (unpaired) electrons. The number of hydrogen-bond acceptors (Lipinski definition) is 3. The van der Waals surface area contributed by atoms with Crippen LogP contribution >= 0.6 is 0 Å². The minimum atomic E-state index is -0.815. The van der Waals surface area contributed by atoms with Gasteiger partial charge in [-0.15, -0.1) is 0 Å². The van der Waals surface area contributed by atoms with E-state index in [0.717, 1.165) is 44.4 Å². The van der Waals surface area contributed by atoms with Gasteiger partial charge in [-0.05, 0) is 67.5 Å². The van der Waals surface area contributed by atoms with E-state index in [1.165, 1.54) is 23.1 Å². The number of aromatic nitrogens is 1. The van der Waals surface area contributed by atoms with E-state index < -0.39 is 6.29 Å². The molecule has 0 spiro atoms. The molecule has 4 rings (SSSR count). The van der Waals surface area contributed by atoms with Crippen LogP contribution in [0.15, 0.2) is 54.7 Å². The van der Waals surface area contributed by atoms with Crippen molar-refractivity contribution < 1.29 is 14.2 Å². The number of rotatable bonds is 6. The lowest BCUT2D eigenvalue weighted by Gasteiger charge is -2.33. The number of hydrogen-bond donors (Lipinski definition) is 1. The highest BCUT2D eigenvalue weighted by Gasteiger charge is 2.21. The van der Waals surface area contributed by atoms with E-state index in [1.807, 2.05) is 30.3 Å². The van der Waals surface area contributed by atoms with Gasteiger partial charge in [0, 0.05) is 37.9 Å². The zero-order valence-corrected chi connectivity index (χ0v) is 16.2. The van der Waals surface area contributed by atoms with Crippen molar-refractivity contribution in [2.24, 2.45) is 0 Å². The second kappa shape index (κ2) is 8.33. The molecule has 1 aliphatic heterocycles. The van der Waals surface area contributed by atoms with Gasteiger partial charge in [-0.2, -0.15) is 0 Å². The van der Waals surface area contributed by atoms with Gasteiger partial charge in [-0.1, -0.05) is 12.1 Å². The Morgan fingerprint density at radius 3 is 2.57 bits per heavy atom. The second-order valence-electron chi connectivity index (χ2n) is 7.61. The molecule has 2 aromatic carbocycles. The maximum Gasteiger partial charge on any atom is 0.194 e. The number of aliphatic hydroxyl groups excluding tert-OH is 1. The third kappa shape index (κ3) is 4.37. The molecule has 3 aromatic rings. The number of likely N-dealkylation sites (tertiary alicyclic amines) is 1. The van der Waals surface area contributed by atoms with E-state index in [1.54, 1.807) is 6.92 Å². The Kier molecular flexibility index (Phi) is 5.64. The average Bonchev–Trinajstić information content (AvgIpc) is 3.11. The molecule has 0 saturated carbocycles. The van der Waals surface area contributed by atoms with Crippen molar-refractivity contribution in [2.45, 2.75) is 38.5 Å². The van der Waals surface area contributed by atoms with Gasteiger partial charge in [0.15, 0.2) is 6.29 Å². The van der Waals surface area contributed by atoms with Crippen LogP contribution in [0.25, 0.3) is 10.9 Å². The molecule has 1 atom stereocenters. The van der Waals surface area contributed by atoms with Gasteiger partial charge < -0.3 is 19.3 Å². The molecule has 1 saturated heterocycles. The maximum atomic E-state index is 13.0. The first-order valence-corrected chi connectivity index (χ1v) is 10.0. The van der Waals surface area contributed by atoms with E-state index >= 15 is 0 Å². The Morgan fingerprint density at radius 2 is 1.86 bits per heavy atom. The Hall–Kier alpha value is -2.37. The highest BCUT2D eigenvalue weighted by Crippen LogP contribution is 2.30. The third-order valence-electron chi connectivity index (χ3n) is 5.58. The van der Waals surface area contributed by atoms with Gasteiger partial charge in [-0.3, -0.25) is 0 Å². The molecular formula is C23H27FN2O2. The number of ether oxygens (including phenoxy) is 1. The second-order valence-corrected chi connectivity index (χ2v) is 7.61. The van der Waals surface area contributed by atoms with E-state index in [9.17, 15) is 9.50 Å². The van der Waals surface area contributed by atoms with Crippen molar-refractivity contribution >= 4 is 10.9 Å². The molecule has 0 aliphatic carbocycles. The first-order valence-electron chi connectivity index (χ1n) is 10.0. The Labute approximate surface area is 165 Å². The van der Waals surface area contributed by atoms with Crippen molar-refractivity contribution in [1.29, 1.82) is 0 Å². The predicted molar refractivity (Wildman–Crippen MR) is 109 cm³/mol. The van der Waals surface area contributed by atoms with Crippen LogP contribution in [0.1, 0.15) is 31.4 Å². The Bertz CT molecular complexity index is 912. The van der Waals surface area contributed by atoms with E-state index in [2.05, 4.69) is 21.7 Å². The number of nitrogens with zero attached hydrogens (tertiary/aromatic N) is 2. The summed E-state index contributed by atoms with van der Waals surface area (Å²) in [5, 5.41) is 10.7. The summed E-state index contributed by atoms with van der Waals surface area (Å²) < 4.78 is 20.8. The monoisotopic (exact) mass is 382 g/mol. The summed E-state index contributed by atoms with van der Waals surface area (Å²) in [5.74, 6) is 0.518. The van der Waals surface area contributed by atoms with Gasteiger partial charge in [-0.25, -0.2) is 4.39 Å². The fourth-order valence-electron chi connectivity index (χ4n) is 4.08. The highest BCUT2D eigenvalue weighted by molar-refractivity contribution is 5.81. The molecule has 1 N–H and O–H groups in total. The van der Waals surface area contributed by atoms with E-state index in [4.69, 9.17) is 4.74 Å². The predicted octanol–water partition coefficient (Wildman–Crippen LogP) is 4.38. The van der Waals surface area contributed by atoms with Crippen molar-refractivity contribution in [3.8, 4) is 5.75 Å². The molecule has 1 fully saturated rings. The largest absolute Gasteiger partial charge is 0.465 e. The fourth-order valence-corrected chi connectivity index (χ4v) is 4.08. The summed E-state index contributed by atoms with van der Waals surface area (Å²) in [5.41, 5.74) is 2.34. The van der Waals surface area contributed by atoms with Gasteiger partial charge in [0.1, 0.15) is 11.6 Å². The standard InChI is InChI=1S/C23H27FN2O2/c1-17(27)28-22-7-4-19-9-15-26(23(19)16-22)21-10-13-25(14-11-21)12-8-18-2-5-20(24)6-3-18/h2-7,9,15-17,21,27H,8,10-14H2,1H3. The number of halogens is 1. The molecule has 1 aliphatic rings. The number of fused-ring (bicyclic) bond motifs is 1. The van der Waals surface area contributed by atoms with Crippen LogP contribution in [-0.2, 0) is 6.42 Å². The third-order valence-corrected chi connectivity index (χ3v) is 5.58. The van der Waals surface area contributed by atoms with Crippen molar-refractivity contribution in [2.75, 3.05) is 19.6 Å². The van der Waals surface area contributed by atoms with E-state index in [-0.39, 0.29) is 5.82 Å². The Balaban J connectivity index is 1.37. The molecule has 0 amide bonds. The lowest BCUT2D eigenvalue weighted by Crippen LogP contribution is -2.35.